The van der Waals surface area contributed by atoms with Crippen LogP contribution in [-0.2, 0) is 21.1 Å². The number of ether oxygens (including phenoxy) is 1. The molecular weight excluding hydrogens is 428 g/mol. The highest BCUT2D eigenvalue weighted by Crippen LogP contribution is 2.22. The second-order valence-corrected chi connectivity index (χ2v) is 9.92. The topological polar surface area (TPSA) is 107 Å². The Hall–Kier alpha value is -3.30. The van der Waals surface area contributed by atoms with Crippen LogP contribution in [0, 0.1) is 12.3 Å². The summed E-state index contributed by atoms with van der Waals surface area (Å²) in [5.41, 5.74) is 1.05. The lowest BCUT2D eigenvalue weighted by atomic mass is 10.2. The third-order valence-electron chi connectivity index (χ3n) is 5.81. The number of hydrogen-bond acceptors (Lipinski definition) is 6. The van der Waals surface area contributed by atoms with E-state index < -0.39 is 9.84 Å². The molecule has 164 valence electrons. The smallest absolute Gasteiger partial charge is 0.267 e. The van der Waals surface area contributed by atoms with Crippen molar-refractivity contribution in [1.82, 2.24) is 14.0 Å². The monoisotopic (exact) mass is 450 g/mol. The third-order valence-corrected chi connectivity index (χ3v) is 7.60. The molecular formula is C23H22N4O4S. The molecule has 4 aromatic rings. The van der Waals surface area contributed by atoms with E-state index in [0.29, 0.717) is 12.3 Å². The second kappa shape index (κ2) is 7.68. The minimum absolute atomic E-state index is 0.0773. The van der Waals surface area contributed by atoms with Crippen LogP contribution >= 0.6 is 0 Å². The predicted octanol–water partition coefficient (Wildman–Crippen LogP) is 2.45. The molecule has 0 amide bonds. The number of nitrogens with one attached hydrogen (secondary N) is 1. The molecule has 0 bridgehead atoms. The Labute approximate surface area is 184 Å². The van der Waals surface area contributed by atoms with Gasteiger partial charge in [0.25, 0.3) is 5.56 Å². The van der Waals surface area contributed by atoms with Gasteiger partial charge in [0.2, 0.25) is 9.84 Å². The molecule has 32 heavy (non-hydrogen) atoms. The first-order valence-corrected chi connectivity index (χ1v) is 11.9. The van der Waals surface area contributed by atoms with E-state index in [2.05, 4.69) is 4.98 Å². The van der Waals surface area contributed by atoms with Crippen LogP contribution in [-0.4, -0.2) is 35.1 Å². The van der Waals surface area contributed by atoms with E-state index in [1.54, 1.807) is 36.5 Å². The molecule has 0 spiro atoms. The van der Waals surface area contributed by atoms with Gasteiger partial charge < -0.3 is 9.30 Å². The quantitative estimate of drug-likeness (QED) is 0.481. The second-order valence-electron chi connectivity index (χ2n) is 8.00. The van der Waals surface area contributed by atoms with E-state index in [-0.39, 0.29) is 44.5 Å². The van der Waals surface area contributed by atoms with Crippen LogP contribution < -0.4 is 11.0 Å². The van der Waals surface area contributed by atoms with Gasteiger partial charge in [0.15, 0.2) is 0 Å². The Morgan fingerprint density at radius 3 is 2.69 bits per heavy atom. The fraction of sp³-hybridized carbons (Fsp3) is 0.261. The molecule has 0 radical (unpaired) electrons. The van der Waals surface area contributed by atoms with Gasteiger partial charge in [-0.1, -0.05) is 23.8 Å². The Morgan fingerprint density at radius 2 is 1.97 bits per heavy atom. The minimum Gasteiger partial charge on any atom is -0.376 e. The van der Waals surface area contributed by atoms with E-state index in [0.717, 1.165) is 18.4 Å². The van der Waals surface area contributed by atoms with E-state index in [4.69, 9.17) is 10.1 Å². The lowest BCUT2D eigenvalue weighted by molar-refractivity contribution is 0.0965. The van der Waals surface area contributed by atoms with Crippen molar-refractivity contribution >= 4 is 26.5 Å². The van der Waals surface area contributed by atoms with Gasteiger partial charge in [-0.25, -0.2) is 13.4 Å². The Balaban J connectivity index is 1.84. The molecule has 1 aliphatic heterocycles. The van der Waals surface area contributed by atoms with Crippen LogP contribution in [0.15, 0.2) is 69.3 Å². The van der Waals surface area contributed by atoms with Gasteiger partial charge in [0.05, 0.1) is 22.9 Å². The molecule has 5 rings (SSSR count). The molecule has 1 fully saturated rings. The summed E-state index contributed by atoms with van der Waals surface area (Å²) in [6, 6.07) is 12.9. The highest BCUT2D eigenvalue weighted by molar-refractivity contribution is 7.91. The highest BCUT2D eigenvalue weighted by atomic mass is 32.2. The fourth-order valence-electron chi connectivity index (χ4n) is 4.08. The lowest BCUT2D eigenvalue weighted by Gasteiger charge is -2.17. The van der Waals surface area contributed by atoms with Crippen molar-refractivity contribution in [3.05, 3.63) is 76.1 Å². The summed E-state index contributed by atoms with van der Waals surface area (Å²) in [5, 5.41) is 8.94. The van der Waals surface area contributed by atoms with Gasteiger partial charge in [-0.3, -0.25) is 14.6 Å². The van der Waals surface area contributed by atoms with E-state index in [9.17, 15) is 13.2 Å². The number of aryl methyl sites for hydroxylation is 1. The molecule has 1 N–H and O–H groups in total. The predicted molar refractivity (Wildman–Crippen MR) is 118 cm³/mol. The molecule has 3 aromatic heterocycles. The summed E-state index contributed by atoms with van der Waals surface area (Å²) in [6.07, 6.45) is 3.13. The normalized spacial score (nSPS) is 16.7. The van der Waals surface area contributed by atoms with Crippen LogP contribution in [0.4, 0.5) is 0 Å². The van der Waals surface area contributed by atoms with Crippen molar-refractivity contribution < 1.29 is 13.2 Å². The summed E-state index contributed by atoms with van der Waals surface area (Å²) >= 11 is 0. The average molecular weight is 451 g/mol. The van der Waals surface area contributed by atoms with Gasteiger partial charge in [-0.2, -0.15) is 0 Å². The van der Waals surface area contributed by atoms with E-state index in [1.807, 2.05) is 6.92 Å². The summed E-state index contributed by atoms with van der Waals surface area (Å²) < 4.78 is 35.6. The number of benzene rings is 1. The number of pyridine rings is 2. The van der Waals surface area contributed by atoms with E-state index in [1.165, 1.54) is 27.2 Å². The zero-order chi connectivity index (χ0) is 22.5. The maximum Gasteiger partial charge on any atom is 0.267 e. The van der Waals surface area contributed by atoms with Crippen LogP contribution in [0.25, 0.3) is 16.7 Å². The zero-order valence-electron chi connectivity index (χ0n) is 17.5. The number of nitrogens with zero attached hydrogens (tertiary/aromatic N) is 3. The molecule has 0 unspecified atom stereocenters. The van der Waals surface area contributed by atoms with Crippen LogP contribution in [0.5, 0.6) is 0 Å². The molecule has 8 nitrogen and oxygen atoms in total. The van der Waals surface area contributed by atoms with Crippen LogP contribution in [0.1, 0.15) is 18.4 Å². The number of sulfone groups is 1. The van der Waals surface area contributed by atoms with Gasteiger partial charge in [-0.15, -0.1) is 0 Å². The zero-order valence-corrected chi connectivity index (χ0v) is 18.3. The minimum atomic E-state index is -4.03. The molecule has 4 heterocycles. The van der Waals surface area contributed by atoms with Crippen LogP contribution in [0.3, 0.4) is 0 Å². The van der Waals surface area contributed by atoms with Crippen molar-refractivity contribution in [1.29, 1.82) is 5.41 Å². The first kappa shape index (κ1) is 20.6. The van der Waals surface area contributed by atoms with Crippen molar-refractivity contribution in [2.45, 2.75) is 42.2 Å². The van der Waals surface area contributed by atoms with Crippen LogP contribution in [0.2, 0.25) is 0 Å². The molecule has 0 saturated carbocycles. The molecule has 1 saturated heterocycles. The van der Waals surface area contributed by atoms with Gasteiger partial charge in [0, 0.05) is 12.8 Å². The van der Waals surface area contributed by atoms with Crippen molar-refractivity contribution in [3.8, 4) is 0 Å². The van der Waals surface area contributed by atoms with E-state index >= 15 is 0 Å². The SMILES string of the molecule is Cc1ccc(S(=O)(=O)c2cc3c(=O)n4ccccc4nc3n(C[C@H]3CCCO3)c2=N)cc1. The Kier molecular flexibility index (Phi) is 4.94. The number of hydrogen-bond donors (Lipinski definition) is 1. The maximum absolute atomic E-state index is 13.5. The number of rotatable bonds is 4. The summed E-state index contributed by atoms with van der Waals surface area (Å²) in [7, 11) is -4.03. The van der Waals surface area contributed by atoms with Gasteiger partial charge in [0.1, 0.15) is 21.7 Å². The lowest BCUT2D eigenvalue weighted by Crippen LogP contribution is -2.33. The molecule has 1 aliphatic rings. The van der Waals surface area contributed by atoms with Gasteiger partial charge >= 0.3 is 0 Å². The molecule has 1 aromatic carbocycles. The summed E-state index contributed by atoms with van der Waals surface area (Å²) in [6.45, 7) is 2.74. The highest BCUT2D eigenvalue weighted by Gasteiger charge is 2.26. The van der Waals surface area contributed by atoms with Crippen molar-refractivity contribution in [3.63, 3.8) is 0 Å². The third kappa shape index (κ3) is 3.34. The number of aromatic nitrogens is 3. The Bertz CT molecular complexity index is 1560. The summed E-state index contributed by atoms with van der Waals surface area (Å²) in [4.78, 5) is 17.7. The largest absolute Gasteiger partial charge is 0.376 e. The molecule has 9 heteroatoms. The average Bonchev–Trinajstić information content (AvgIpc) is 3.29. The maximum atomic E-state index is 13.5. The first-order chi connectivity index (χ1) is 15.4. The first-order valence-electron chi connectivity index (χ1n) is 10.4. The number of fused-ring (bicyclic) bond motifs is 2. The standard InChI is InChI=1S/C23H22N4O4S/c1-15-7-9-17(10-8-15)32(29,30)19-13-18-22(25-20-6-2-3-11-26(20)23(18)28)27(21(19)24)14-16-5-4-12-31-16/h2-3,6-11,13,16,24H,4-5,12,14H2,1H3/t16-/m1/s1. The van der Waals surface area contributed by atoms with Gasteiger partial charge in [-0.05, 0) is 50.1 Å². The fourth-order valence-corrected chi connectivity index (χ4v) is 5.47. The Morgan fingerprint density at radius 1 is 1.19 bits per heavy atom. The van der Waals surface area contributed by atoms with Crippen molar-refractivity contribution in [2.75, 3.05) is 6.61 Å². The van der Waals surface area contributed by atoms with Crippen molar-refractivity contribution in [2.24, 2.45) is 0 Å². The molecule has 1 atom stereocenters. The summed E-state index contributed by atoms with van der Waals surface area (Å²) in [5.74, 6) is 0. The molecule has 0 aliphatic carbocycles.